The number of aromatic nitrogens is 1. The standard InChI is InChI=1S/C17H19ClN2O/c1-19-16(7-12-3-2-5-20-11-12)10-14-9-15(18)8-13-4-6-21-17(13)14/h2-3,5,8-9,11,16,19H,4,6-7,10H2,1H3. The Morgan fingerprint density at radius 2 is 2.29 bits per heavy atom. The van der Waals surface area contributed by atoms with Crippen molar-refractivity contribution < 1.29 is 4.74 Å². The minimum Gasteiger partial charge on any atom is -0.493 e. The van der Waals surface area contributed by atoms with Crippen LogP contribution in [0.4, 0.5) is 0 Å². The zero-order chi connectivity index (χ0) is 14.7. The van der Waals surface area contributed by atoms with E-state index in [1.54, 1.807) is 6.20 Å². The molecule has 3 nitrogen and oxygen atoms in total. The molecule has 2 aromatic rings. The fourth-order valence-corrected chi connectivity index (χ4v) is 3.11. The molecule has 0 fully saturated rings. The molecule has 0 saturated carbocycles. The second kappa shape index (κ2) is 6.46. The van der Waals surface area contributed by atoms with Crippen molar-refractivity contribution in [3.8, 4) is 5.75 Å². The lowest BCUT2D eigenvalue weighted by Crippen LogP contribution is -2.30. The number of benzene rings is 1. The Bertz CT molecular complexity index is 616. The Hall–Kier alpha value is -1.58. The number of pyridine rings is 1. The van der Waals surface area contributed by atoms with Crippen LogP contribution in [0.3, 0.4) is 0 Å². The van der Waals surface area contributed by atoms with E-state index in [1.807, 2.05) is 31.4 Å². The van der Waals surface area contributed by atoms with Gasteiger partial charge in [0, 0.05) is 29.9 Å². The van der Waals surface area contributed by atoms with Crippen molar-refractivity contribution in [2.75, 3.05) is 13.7 Å². The first kappa shape index (κ1) is 14.4. The van der Waals surface area contributed by atoms with Gasteiger partial charge in [0.05, 0.1) is 6.61 Å². The summed E-state index contributed by atoms with van der Waals surface area (Å²) in [5, 5.41) is 4.18. The third kappa shape index (κ3) is 3.36. The van der Waals surface area contributed by atoms with Crippen LogP contribution in [0.15, 0.2) is 36.7 Å². The number of hydrogen-bond donors (Lipinski definition) is 1. The summed E-state index contributed by atoms with van der Waals surface area (Å²) in [5.41, 5.74) is 3.66. The summed E-state index contributed by atoms with van der Waals surface area (Å²) in [6, 6.07) is 8.46. The SMILES string of the molecule is CNC(Cc1cccnc1)Cc1cc(Cl)cc2c1OCC2. The van der Waals surface area contributed by atoms with Crippen LogP contribution in [0.25, 0.3) is 0 Å². The Labute approximate surface area is 130 Å². The van der Waals surface area contributed by atoms with E-state index in [2.05, 4.69) is 16.4 Å². The zero-order valence-electron chi connectivity index (χ0n) is 12.1. The number of fused-ring (bicyclic) bond motifs is 1. The lowest BCUT2D eigenvalue weighted by molar-refractivity contribution is 0.351. The van der Waals surface area contributed by atoms with Crippen LogP contribution >= 0.6 is 11.6 Å². The van der Waals surface area contributed by atoms with Gasteiger partial charge in [-0.15, -0.1) is 0 Å². The summed E-state index contributed by atoms with van der Waals surface area (Å²) in [5.74, 6) is 1.03. The second-order valence-electron chi connectivity index (χ2n) is 5.41. The van der Waals surface area contributed by atoms with Crippen LogP contribution in [0.1, 0.15) is 16.7 Å². The molecule has 1 aromatic carbocycles. The molecular weight excluding hydrogens is 284 g/mol. The highest BCUT2D eigenvalue weighted by Gasteiger charge is 2.20. The van der Waals surface area contributed by atoms with E-state index in [1.165, 1.54) is 16.7 Å². The summed E-state index contributed by atoms with van der Waals surface area (Å²) in [4.78, 5) is 4.18. The maximum Gasteiger partial charge on any atom is 0.125 e. The predicted octanol–water partition coefficient (Wildman–Crippen LogP) is 3.04. The van der Waals surface area contributed by atoms with Crippen molar-refractivity contribution in [3.05, 3.63) is 58.4 Å². The van der Waals surface area contributed by atoms with Crippen molar-refractivity contribution in [1.29, 1.82) is 0 Å². The largest absolute Gasteiger partial charge is 0.493 e. The lowest BCUT2D eigenvalue weighted by Gasteiger charge is -2.18. The van der Waals surface area contributed by atoms with E-state index in [0.29, 0.717) is 6.04 Å². The maximum absolute atomic E-state index is 6.23. The number of rotatable bonds is 5. The number of ether oxygens (including phenoxy) is 1. The highest BCUT2D eigenvalue weighted by molar-refractivity contribution is 6.30. The molecule has 2 heterocycles. The normalized spacial score (nSPS) is 14.6. The van der Waals surface area contributed by atoms with Crippen molar-refractivity contribution >= 4 is 11.6 Å². The molecule has 3 rings (SSSR count). The predicted molar refractivity (Wildman–Crippen MR) is 85.1 cm³/mol. The van der Waals surface area contributed by atoms with Crippen molar-refractivity contribution in [2.45, 2.75) is 25.3 Å². The van der Waals surface area contributed by atoms with Gasteiger partial charge in [0.25, 0.3) is 0 Å². The molecule has 1 atom stereocenters. The van der Waals surface area contributed by atoms with Gasteiger partial charge in [-0.25, -0.2) is 0 Å². The first-order valence-corrected chi connectivity index (χ1v) is 7.64. The van der Waals surface area contributed by atoms with E-state index in [-0.39, 0.29) is 0 Å². The van der Waals surface area contributed by atoms with Gasteiger partial charge in [0.1, 0.15) is 5.75 Å². The Morgan fingerprint density at radius 1 is 1.38 bits per heavy atom. The minimum atomic E-state index is 0.334. The fraction of sp³-hybridized carbons (Fsp3) is 0.353. The molecule has 0 spiro atoms. The summed E-state index contributed by atoms with van der Waals surface area (Å²) in [7, 11) is 1.99. The number of nitrogens with zero attached hydrogens (tertiary/aromatic N) is 1. The molecule has 110 valence electrons. The molecule has 1 N–H and O–H groups in total. The third-order valence-electron chi connectivity index (χ3n) is 3.90. The average Bonchev–Trinajstić information content (AvgIpc) is 2.96. The molecular formula is C17H19ClN2O. The van der Waals surface area contributed by atoms with Gasteiger partial charge >= 0.3 is 0 Å². The van der Waals surface area contributed by atoms with E-state index in [0.717, 1.165) is 36.6 Å². The highest BCUT2D eigenvalue weighted by Crippen LogP contribution is 2.33. The Balaban J connectivity index is 1.78. The smallest absolute Gasteiger partial charge is 0.125 e. The number of halogens is 1. The average molecular weight is 303 g/mol. The van der Waals surface area contributed by atoms with Gasteiger partial charge in [0.15, 0.2) is 0 Å². The number of likely N-dealkylation sites (N-methyl/N-ethyl adjacent to an activating group) is 1. The first-order valence-electron chi connectivity index (χ1n) is 7.26. The second-order valence-corrected chi connectivity index (χ2v) is 5.84. The lowest BCUT2D eigenvalue weighted by atomic mass is 9.97. The van der Waals surface area contributed by atoms with Gasteiger partial charge in [0.2, 0.25) is 0 Å². The molecule has 1 unspecified atom stereocenters. The summed E-state index contributed by atoms with van der Waals surface area (Å²) < 4.78 is 5.78. The van der Waals surface area contributed by atoms with Crippen molar-refractivity contribution in [3.63, 3.8) is 0 Å². The molecule has 1 aromatic heterocycles. The molecule has 0 aliphatic carbocycles. The van der Waals surface area contributed by atoms with E-state index >= 15 is 0 Å². The molecule has 4 heteroatoms. The summed E-state index contributed by atoms with van der Waals surface area (Å²) >= 11 is 6.23. The highest BCUT2D eigenvalue weighted by atomic mass is 35.5. The Kier molecular flexibility index (Phi) is 4.42. The molecule has 1 aliphatic heterocycles. The molecule has 0 bridgehead atoms. The van der Waals surface area contributed by atoms with E-state index in [9.17, 15) is 0 Å². The van der Waals surface area contributed by atoms with Crippen LogP contribution in [-0.2, 0) is 19.3 Å². The van der Waals surface area contributed by atoms with E-state index in [4.69, 9.17) is 16.3 Å². The first-order chi connectivity index (χ1) is 10.3. The zero-order valence-corrected chi connectivity index (χ0v) is 12.9. The fourth-order valence-electron chi connectivity index (χ4n) is 2.84. The quantitative estimate of drug-likeness (QED) is 0.922. The molecule has 0 saturated heterocycles. The van der Waals surface area contributed by atoms with Crippen LogP contribution in [0, 0.1) is 0 Å². The monoisotopic (exact) mass is 302 g/mol. The van der Waals surface area contributed by atoms with Crippen LogP contribution < -0.4 is 10.1 Å². The van der Waals surface area contributed by atoms with Crippen molar-refractivity contribution in [1.82, 2.24) is 10.3 Å². The Morgan fingerprint density at radius 3 is 3.05 bits per heavy atom. The minimum absolute atomic E-state index is 0.334. The number of hydrogen-bond acceptors (Lipinski definition) is 3. The summed E-state index contributed by atoms with van der Waals surface area (Å²) in [6.45, 7) is 0.759. The molecule has 0 amide bonds. The summed E-state index contributed by atoms with van der Waals surface area (Å²) in [6.07, 6.45) is 6.51. The van der Waals surface area contributed by atoms with Crippen LogP contribution in [0.2, 0.25) is 5.02 Å². The molecule has 0 radical (unpaired) electrons. The van der Waals surface area contributed by atoms with Gasteiger partial charge in [-0.1, -0.05) is 17.7 Å². The number of nitrogens with one attached hydrogen (secondary N) is 1. The topological polar surface area (TPSA) is 34.2 Å². The van der Waals surface area contributed by atoms with Crippen LogP contribution in [0.5, 0.6) is 5.75 Å². The van der Waals surface area contributed by atoms with Gasteiger partial charge < -0.3 is 10.1 Å². The van der Waals surface area contributed by atoms with Gasteiger partial charge in [-0.05, 0) is 54.8 Å². The van der Waals surface area contributed by atoms with Gasteiger partial charge in [-0.2, -0.15) is 0 Å². The molecule has 1 aliphatic rings. The molecule has 21 heavy (non-hydrogen) atoms. The third-order valence-corrected chi connectivity index (χ3v) is 4.12. The van der Waals surface area contributed by atoms with Crippen LogP contribution in [-0.4, -0.2) is 24.7 Å². The maximum atomic E-state index is 6.23. The van der Waals surface area contributed by atoms with Crippen molar-refractivity contribution in [2.24, 2.45) is 0 Å². The van der Waals surface area contributed by atoms with E-state index < -0.39 is 0 Å². The van der Waals surface area contributed by atoms with Gasteiger partial charge in [-0.3, -0.25) is 4.98 Å².